The van der Waals surface area contributed by atoms with E-state index in [1.165, 1.54) is 19.6 Å². The Labute approximate surface area is 187 Å². The van der Waals surface area contributed by atoms with Crippen LogP contribution in [-0.2, 0) is 11.3 Å². The van der Waals surface area contributed by atoms with Gasteiger partial charge in [0.2, 0.25) is 5.91 Å². The number of carbonyl (C=O) groups excluding carboxylic acids is 2. The lowest BCUT2D eigenvalue weighted by molar-refractivity contribution is -0.114. The SMILES string of the molecule is COc1cc(NC(C)=O)c(Cl)cc1C(=O)NC12CCCC(CC1)N2Cc1ccccc1. The normalized spacial score (nSPS) is 22.7. The molecule has 2 unspecified atom stereocenters. The maximum atomic E-state index is 13.4. The lowest BCUT2D eigenvalue weighted by atomic mass is 9.95. The van der Waals surface area contributed by atoms with Crippen LogP contribution in [0.2, 0.25) is 5.02 Å². The number of carbonyl (C=O) groups is 2. The molecule has 2 atom stereocenters. The molecule has 0 aliphatic carbocycles. The van der Waals surface area contributed by atoms with Crippen molar-refractivity contribution in [1.82, 2.24) is 10.2 Å². The second-order valence-electron chi connectivity index (χ2n) is 8.40. The Kier molecular flexibility index (Phi) is 6.21. The average Bonchev–Trinajstić information content (AvgIpc) is 2.93. The van der Waals surface area contributed by atoms with Gasteiger partial charge in [0, 0.05) is 25.6 Å². The Morgan fingerprint density at radius 1 is 1.19 bits per heavy atom. The van der Waals surface area contributed by atoms with E-state index in [-0.39, 0.29) is 17.5 Å². The summed E-state index contributed by atoms with van der Waals surface area (Å²) in [6, 6.07) is 14.0. The zero-order valence-corrected chi connectivity index (χ0v) is 18.7. The monoisotopic (exact) mass is 441 g/mol. The molecule has 2 aromatic rings. The molecular formula is C24H28ClN3O3. The van der Waals surface area contributed by atoms with Crippen LogP contribution in [0.15, 0.2) is 42.5 Å². The predicted molar refractivity (Wildman–Crippen MR) is 121 cm³/mol. The van der Waals surface area contributed by atoms with Gasteiger partial charge in [0.05, 0.1) is 29.0 Å². The smallest absolute Gasteiger partial charge is 0.256 e. The molecule has 31 heavy (non-hydrogen) atoms. The summed E-state index contributed by atoms with van der Waals surface area (Å²) in [6.45, 7) is 2.22. The maximum Gasteiger partial charge on any atom is 0.256 e. The summed E-state index contributed by atoms with van der Waals surface area (Å²) < 4.78 is 5.45. The number of hydrogen-bond donors (Lipinski definition) is 2. The van der Waals surface area contributed by atoms with Gasteiger partial charge in [0.15, 0.2) is 0 Å². The topological polar surface area (TPSA) is 70.7 Å². The molecule has 4 rings (SSSR count). The summed E-state index contributed by atoms with van der Waals surface area (Å²) in [4.78, 5) is 27.3. The van der Waals surface area contributed by atoms with Crippen LogP contribution >= 0.6 is 11.6 Å². The van der Waals surface area contributed by atoms with E-state index in [2.05, 4.69) is 39.8 Å². The Morgan fingerprint density at radius 3 is 2.68 bits per heavy atom. The molecule has 0 aromatic heterocycles. The highest BCUT2D eigenvalue weighted by Gasteiger charge is 2.49. The molecule has 164 valence electrons. The summed E-state index contributed by atoms with van der Waals surface area (Å²) in [5.74, 6) is -0.0773. The largest absolute Gasteiger partial charge is 0.496 e. The van der Waals surface area contributed by atoms with Crippen molar-refractivity contribution in [2.75, 3.05) is 12.4 Å². The molecule has 2 amide bonds. The quantitative estimate of drug-likeness (QED) is 0.688. The van der Waals surface area contributed by atoms with Crippen LogP contribution < -0.4 is 15.4 Å². The molecule has 6 nitrogen and oxygen atoms in total. The van der Waals surface area contributed by atoms with Gasteiger partial charge in [0.25, 0.3) is 5.91 Å². The maximum absolute atomic E-state index is 13.4. The molecule has 2 bridgehead atoms. The van der Waals surface area contributed by atoms with E-state index in [1.807, 2.05) is 6.07 Å². The summed E-state index contributed by atoms with van der Waals surface area (Å²) in [5.41, 5.74) is 1.66. The van der Waals surface area contributed by atoms with Gasteiger partial charge in [-0.2, -0.15) is 0 Å². The van der Waals surface area contributed by atoms with E-state index < -0.39 is 0 Å². The lowest BCUT2D eigenvalue weighted by Gasteiger charge is -2.45. The third-order valence-electron chi connectivity index (χ3n) is 6.40. The Balaban J connectivity index is 1.60. The van der Waals surface area contributed by atoms with Crippen LogP contribution in [0, 0.1) is 0 Å². The fourth-order valence-electron chi connectivity index (χ4n) is 4.97. The summed E-state index contributed by atoms with van der Waals surface area (Å²) in [5, 5.41) is 6.30. The van der Waals surface area contributed by atoms with Crippen molar-refractivity contribution in [3.8, 4) is 5.75 Å². The van der Waals surface area contributed by atoms with E-state index >= 15 is 0 Å². The molecule has 7 heteroatoms. The highest BCUT2D eigenvalue weighted by atomic mass is 35.5. The summed E-state index contributed by atoms with van der Waals surface area (Å²) >= 11 is 6.34. The van der Waals surface area contributed by atoms with Crippen molar-refractivity contribution in [1.29, 1.82) is 0 Å². The summed E-state index contributed by atoms with van der Waals surface area (Å²) in [6.07, 6.45) is 5.17. The van der Waals surface area contributed by atoms with Gasteiger partial charge in [-0.3, -0.25) is 14.5 Å². The van der Waals surface area contributed by atoms with Crippen LogP contribution in [0.4, 0.5) is 5.69 Å². The van der Waals surface area contributed by atoms with Crippen LogP contribution in [-0.4, -0.2) is 35.5 Å². The van der Waals surface area contributed by atoms with Gasteiger partial charge in [-0.15, -0.1) is 0 Å². The molecule has 0 saturated carbocycles. The molecular weight excluding hydrogens is 414 g/mol. The first-order chi connectivity index (χ1) is 14.9. The molecule has 0 radical (unpaired) electrons. The first-order valence-electron chi connectivity index (χ1n) is 10.7. The first kappa shape index (κ1) is 21.7. The van der Waals surface area contributed by atoms with Crippen LogP contribution in [0.25, 0.3) is 0 Å². The number of hydrogen-bond acceptors (Lipinski definition) is 4. The van der Waals surface area contributed by atoms with Gasteiger partial charge in [-0.05, 0) is 43.7 Å². The van der Waals surface area contributed by atoms with E-state index in [0.29, 0.717) is 28.1 Å². The Hall–Kier alpha value is -2.57. The minimum absolute atomic E-state index is 0.214. The third-order valence-corrected chi connectivity index (χ3v) is 6.71. The van der Waals surface area contributed by atoms with Gasteiger partial charge < -0.3 is 15.4 Å². The van der Waals surface area contributed by atoms with Gasteiger partial charge in [-0.25, -0.2) is 0 Å². The number of ether oxygens (including phenoxy) is 1. The minimum atomic E-state index is -0.371. The van der Waals surface area contributed by atoms with Crippen molar-refractivity contribution in [3.63, 3.8) is 0 Å². The number of nitrogens with zero attached hydrogens (tertiary/aromatic N) is 1. The van der Waals surface area contributed by atoms with Crippen LogP contribution in [0.1, 0.15) is 54.9 Å². The average molecular weight is 442 g/mol. The van der Waals surface area contributed by atoms with E-state index in [4.69, 9.17) is 16.3 Å². The van der Waals surface area contributed by atoms with E-state index in [0.717, 1.165) is 38.6 Å². The predicted octanol–water partition coefficient (Wildman–Crippen LogP) is 4.58. The van der Waals surface area contributed by atoms with Crippen LogP contribution in [0.3, 0.4) is 0 Å². The second-order valence-corrected chi connectivity index (χ2v) is 8.80. The number of methoxy groups -OCH3 is 1. The number of rotatable bonds is 6. The van der Waals surface area contributed by atoms with Crippen molar-refractivity contribution in [3.05, 3.63) is 58.6 Å². The fourth-order valence-corrected chi connectivity index (χ4v) is 5.19. The van der Waals surface area contributed by atoms with Crippen molar-refractivity contribution in [2.45, 2.75) is 57.3 Å². The van der Waals surface area contributed by atoms with Crippen molar-refractivity contribution in [2.24, 2.45) is 0 Å². The van der Waals surface area contributed by atoms with Gasteiger partial charge in [-0.1, -0.05) is 41.9 Å². The second kappa shape index (κ2) is 8.89. The minimum Gasteiger partial charge on any atom is -0.496 e. The highest BCUT2D eigenvalue weighted by Crippen LogP contribution is 2.44. The molecule has 2 aromatic carbocycles. The Morgan fingerprint density at radius 2 is 1.97 bits per heavy atom. The zero-order valence-electron chi connectivity index (χ0n) is 17.9. The molecule has 2 heterocycles. The number of piperidine rings is 1. The van der Waals surface area contributed by atoms with Crippen molar-refractivity contribution >= 4 is 29.1 Å². The van der Waals surface area contributed by atoms with E-state index in [1.54, 1.807) is 12.1 Å². The third kappa shape index (κ3) is 4.41. The lowest BCUT2D eigenvalue weighted by Crippen LogP contribution is -2.60. The molecule has 2 N–H and O–H groups in total. The molecule has 2 aliphatic rings. The van der Waals surface area contributed by atoms with Gasteiger partial charge >= 0.3 is 0 Å². The zero-order chi connectivity index (χ0) is 22.0. The number of benzene rings is 2. The molecule has 2 aliphatic heterocycles. The number of fused-ring (bicyclic) bond motifs is 2. The van der Waals surface area contributed by atoms with Gasteiger partial charge in [0.1, 0.15) is 5.75 Å². The fraction of sp³-hybridized carbons (Fsp3) is 0.417. The standard InChI is InChI=1S/C24H28ClN3O3/c1-16(29)26-21-14-22(31-2)19(13-20(21)25)23(30)27-24-11-6-9-18(10-12-24)28(24)15-17-7-4-3-5-8-17/h3-5,7-8,13-14,18H,6,9-12,15H2,1-2H3,(H,26,29)(H,27,30). The van der Waals surface area contributed by atoms with E-state index in [9.17, 15) is 9.59 Å². The van der Waals surface area contributed by atoms with Crippen LogP contribution in [0.5, 0.6) is 5.75 Å². The van der Waals surface area contributed by atoms with Crippen molar-refractivity contribution < 1.29 is 14.3 Å². The molecule has 2 saturated heterocycles. The Bertz CT molecular complexity index is 978. The summed E-state index contributed by atoms with van der Waals surface area (Å²) in [7, 11) is 1.50. The number of anilines is 1. The highest BCUT2D eigenvalue weighted by molar-refractivity contribution is 6.34. The molecule has 0 spiro atoms. The number of nitrogens with one attached hydrogen (secondary N) is 2. The molecule has 2 fully saturated rings. The number of halogens is 1. The number of amides is 2. The first-order valence-corrected chi connectivity index (χ1v) is 11.1.